The van der Waals surface area contributed by atoms with Gasteiger partial charge in [-0.3, -0.25) is 0 Å². The van der Waals surface area contributed by atoms with Crippen molar-refractivity contribution in [3.05, 3.63) is 35.5 Å². The first-order chi connectivity index (χ1) is 11.3. The summed E-state index contributed by atoms with van der Waals surface area (Å²) in [6.07, 6.45) is 3.53. The average Bonchev–Trinajstić information content (AvgIpc) is 3.25. The third kappa shape index (κ3) is 4.10. The fraction of sp³-hybridized carbons (Fsp3) is 0.353. The predicted octanol–water partition coefficient (Wildman–Crippen LogP) is 2.93. The molecule has 6 nitrogen and oxygen atoms in total. The summed E-state index contributed by atoms with van der Waals surface area (Å²) in [6, 6.07) is 7.37. The number of carbonyl (C=O) groups is 1. The van der Waals surface area contributed by atoms with Crippen LogP contribution in [-0.4, -0.2) is 28.0 Å². The number of hydrogen-bond donors (Lipinski definition) is 1. The molecule has 1 aromatic heterocycles. The predicted molar refractivity (Wildman–Crippen MR) is 83.1 cm³/mol. The lowest BCUT2D eigenvalue weighted by atomic mass is 10.2. The van der Waals surface area contributed by atoms with Gasteiger partial charge in [-0.2, -0.15) is 0 Å². The molecule has 1 heterocycles. The standard InChI is InChI=1S/C17H17N3O3/c1-2-22-17(21)15-16(19-20-18-15)23-14-8-4-7-13(11-14)6-3-5-12-9-10-12/h4,7-8,11-12H,2,5,9-10H2,1H3,(H,18,19,20). The average molecular weight is 311 g/mol. The van der Waals surface area contributed by atoms with E-state index in [2.05, 4.69) is 27.3 Å². The van der Waals surface area contributed by atoms with Crippen molar-refractivity contribution < 1.29 is 14.3 Å². The molecule has 1 fully saturated rings. The van der Waals surface area contributed by atoms with E-state index >= 15 is 0 Å². The molecule has 1 aromatic carbocycles. The number of carbonyl (C=O) groups excluding carboxylic acids is 1. The van der Waals surface area contributed by atoms with Crippen molar-refractivity contribution in [1.82, 2.24) is 15.4 Å². The molecule has 6 heteroatoms. The van der Waals surface area contributed by atoms with Crippen molar-refractivity contribution >= 4 is 5.97 Å². The number of esters is 1. The van der Waals surface area contributed by atoms with Gasteiger partial charge in [-0.05, 0) is 43.9 Å². The Morgan fingerprint density at radius 2 is 2.30 bits per heavy atom. The van der Waals surface area contributed by atoms with Crippen molar-refractivity contribution in [3.8, 4) is 23.5 Å². The summed E-state index contributed by atoms with van der Waals surface area (Å²) in [4.78, 5) is 11.7. The van der Waals surface area contributed by atoms with Gasteiger partial charge in [-0.1, -0.05) is 23.1 Å². The van der Waals surface area contributed by atoms with Crippen LogP contribution in [0.3, 0.4) is 0 Å². The first kappa shape index (κ1) is 15.1. The zero-order valence-corrected chi connectivity index (χ0v) is 12.8. The molecule has 1 N–H and O–H groups in total. The normalized spacial score (nSPS) is 13.1. The second-order valence-electron chi connectivity index (χ2n) is 5.29. The zero-order valence-electron chi connectivity index (χ0n) is 12.8. The summed E-state index contributed by atoms with van der Waals surface area (Å²) >= 11 is 0. The van der Waals surface area contributed by atoms with Gasteiger partial charge in [-0.15, -0.1) is 5.10 Å². The van der Waals surface area contributed by atoms with Crippen LogP contribution in [0, 0.1) is 17.8 Å². The van der Waals surface area contributed by atoms with Gasteiger partial charge in [0.2, 0.25) is 5.69 Å². The second kappa shape index (κ2) is 6.97. The molecule has 1 aliphatic carbocycles. The minimum atomic E-state index is -0.573. The van der Waals surface area contributed by atoms with Gasteiger partial charge in [0.05, 0.1) is 6.61 Å². The topological polar surface area (TPSA) is 77.1 Å². The van der Waals surface area contributed by atoms with E-state index in [1.165, 1.54) is 12.8 Å². The van der Waals surface area contributed by atoms with Crippen molar-refractivity contribution in [2.45, 2.75) is 26.2 Å². The van der Waals surface area contributed by atoms with Gasteiger partial charge in [0, 0.05) is 12.0 Å². The summed E-state index contributed by atoms with van der Waals surface area (Å²) in [6.45, 7) is 1.99. The molecular formula is C17H17N3O3. The van der Waals surface area contributed by atoms with Crippen molar-refractivity contribution in [2.24, 2.45) is 5.92 Å². The molecule has 0 aliphatic heterocycles. The number of rotatable bonds is 5. The Labute approximate surface area is 134 Å². The lowest BCUT2D eigenvalue weighted by Gasteiger charge is -2.04. The van der Waals surface area contributed by atoms with Gasteiger partial charge < -0.3 is 9.47 Å². The first-order valence-electron chi connectivity index (χ1n) is 7.61. The third-order valence-corrected chi connectivity index (χ3v) is 3.36. The molecular weight excluding hydrogens is 294 g/mol. The molecule has 0 unspecified atom stereocenters. The SMILES string of the molecule is CCOC(=O)c1nn[nH]c1Oc1cccc(C#CCC2CC2)c1. The fourth-order valence-electron chi connectivity index (χ4n) is 2.00. The van der Waals surface area contributed by atoms with Gasteiger partial charge in [-0.25, -0.2) is 9.89 Å². The van der Waals surface area contributed by atoms with Crippen LogP contribution in [0.5, 0.6) is 11.6 Å². The summed E-state index contributed by atoms with van der Waals surface area (Å²) < 4.78 is 10.6. The molecule has 23 heavy (non-hydrogen) atoms. The van der Waals surface area contributed by atoms with Gasteiger partial charge >= 0.3 is 5.97 Å². The van der Waals surface area contributed by atoms with E-state index in [9.17, 15) is 4.79 Å². The van der Waals surface area contributed by atoms with Crippen LogP contribution in [0.4, 0.5) is 0 Å². The fourth-order valence-corrected chi connectivity index (χ4v) is 2.00. The van der Waals surface area contributed by atoms with Crippen molar-refractivity contribution in [3.63, 3.8) is 0 Å². The second-order valence-corrected chi connectivity index (χ2v) is 5.29. The van der Waals surface area contributed by atoms with Crippen LogP contribution in [0.15, 0.2) is 24.3 Å². The minimum absolute atomic E-state index is 0.0251. The lowest BCUT2D eigenvalue weighted by Crippen LogP contribution is -2.06. The maximum atomic E-state index is 11.7. The highest BCUT2D eigenvalue weighted by molar-refractivity contribution is 5.89. The molecule has 0 radical (unpaired) electrons. The molecule has 1 aliphatic rings. The highest BCUT2D eigenvalue weighted by Crippen LogP contribution is 2.31. The molecule has 0 bridgehead atoms. The molecule has 118 valence electrons. The number of aromatic amines is 1. The maximum absolute atomic E-state index is 11.7. The molecule has 1 saturated carbocycles. The number of H-pyrrole nitrogens is 1. The summed E-state index contributed by atoms with van der Waals surface area (Å²) in [5, 5.41) is 9.85. The molecule has 2 aromatic rings. The van der Waals surface area contributed by atoms with Crippen LogP contribution in [0.1, 0.15) is 42.2 Å². The van der Waals surface area contributed by atoms with E-state index in [1.54, 1.807) is 13.0 Å². The van der Waals surface area contributed by atoms with Crippen LogP contribution < -0.4 is 4.74 Å². The number of nitrogens with one attached hydrogen (secondary N) is 1. The minimum Gasteiger partial charge on any atom is -0.461 e. The van der Waals surface area contributed by atoms with E-state index in [0.717, 1.165) is 17.9 Å². The Bertz CT molecular complexity index is 754. The summed E-state index contributed by atoms with van der Waals surface area (Å²) in [5.41, 5.74) is 0.894. The van der Waals surface area contributed by atoms with E-state index in [0.29, 0.717) is 5.75 Å². The van der Waals surface area contributed by atoms with Crippen LogP contribution >= 0.6 is 0 Å². The van der Waals surface area contributed by atoms with E-state index in [-0.39, 0.29) is 18.2 Å². The van der Waals surface area contributed by atoms with Crippen molar-refractivity contribution in [1.29, 1.82) is 0 Å². The summed E-state index contributed by atoms with van der Waals surface area (Å²) in [5.74, 6) is 7.24. The quantitative estimate of drug-likeness (QED) is 0.678. The van der Waals surface area contributed by atoms with Crippen LogP contribution in [-0.2, 0) is 4.74 Å². The first-order valence-corrected chi connectivity index (χ1v) is 7.61. The highest BCUT2D eigenvalue weighted by atomic mass is 16.5. The Kier molecular flexibility index (Phi) is 4.57. The Morgan fingerprint density at radius 3 is 3.09 bits per heavy atom. The molecule has 0 atom stereocenters. The zero-order chi connectivity index (χ0) is 16.1. The van der Waals surface area contributed by atoms with E-state index < -0.39 is 5.97 Å². The summed E-state index contributed by atoms with van der Waals surface area (Å²) in [7, 11) is 0. The van der Waals surface area contributed by atoms with Gasteiger partial charge in [0.25, 0.3) is 5.88 Å². The largest absolute Gasteiger partial charge is 0.461 e. The Balaban J connectivity index is 1.71. The van der Waals surface area contributed by atoms with Crippen molar-refractivity contribution in [2.75, 3.05) is 6.61 Å². The Morgan fingerprint density at radius 1 is 1.43 bits per heavy atom. The van der Waals surface area contributed by atoms with E-state index in [1.807, 2.05) is 18.2 Å². The highest BCUT2D eigenvalue weighted by Gasteiger charge is 2.20. The van der Waals surface area contributed by atoms with Crippen LogP contribution in [0.2, 0.25) is 0 Å². The molecule has 3 rings (SSSR count). The number of ether oxygens (including phenoxy) is 2. The maximum Gasteiger partial charge on any atom is 0.364 e. The Hall–Kier alpha value is -2.81. The van der Waals surface area contributed by atoms with E-state index in [4.69, 9.17) is 9.47 Å². The number of nitrogens with zero attached hydrogens (tertiary/aromatic N) is 2. The van der Waals surface area contributed by atoms with Gasteiger partial charge in [0.1, 0.15) is 5.75 Å². The molecule has 0 spiro atoms. The van der Waals surface area contributed by atoms with Crippen LogP contribution in [0.25, 0.3) is 0 Å². The number of benzene rings is 1. The van der Waals surface area contributed by atoms with Gasteiger partial charge in [0.15, 0.2) is 0 Å². The molecule has 0 amide bonds. The third-order valence-electron chi connectivity index (χ3n) is 3.36. The monoisotopic (exact) mass is 311 g/mol. The smallest absolute Gasteiger partial charge is 0.364 e. The number of aromatic nitrogens is 3. The molecule has 0 saturated heterocycles. The number of hydrogen-bond acceptors (Lipinski definition) is 5. The lowest BCUT2D eigenvalue weighted by molar-refractivity contribution is 0.0516.